The molecular weight excluding hydrogens is 412 g/mol. The monoisotopic (exact) mass is 436 g/mol. The van der Waals surface area contributed by atoms with Crippen molar-refractivity contribution in [1.29, 1.82) is 0 Å². The van der Waals surface area contributed by atoms with Gasteiger partial charge in [0, 0.05) is 34.0 Å². The molecule has 1 unspecified atom stereocenters. The molecule has 3 aromatic carbocycles. The number of hydrogen-bond donors (Lipinski definition) is 1. The Morgan fingerprint density at radius 3 is 2.45 bits per heavy atom. The van der Waals surface area contributed by atoms with E-state index in [1.54, 1.807) is 12.5 Å². The lowest BCUT2D eigenvalue weighted by atomic mass is 9.97. The maximum Gasteiger partial charge on any atom is 0.267 e. The van der Waals surface area contributed by atoms with Crippen LogP contribution in [0.25, 0.3) is 16.7 Å². The summed E-state index contributed by atoms with van der Waals surface area (Å²) in [5.74, 6) is 0.501. The third-order valence-corrected chi connectivity index (χ3v) is 5.79. The molecular formula is C28H24N2O3. The molecule has 0 saturated heterocycles. The largest absolute Gasteiger partial charge is 0.454 e. The maximum atomic E-state index is 12.9. The third kappa shape index (κ3) is 4.17. The van der Waals surface area contributed by atoms with Crippen molar-refractivity contribution in [3.63, 3.8) is 0 Å². The lowest BCUT2D eigenvalue weighted by Crippen LogP contribution is -2.13. The Morgan fingerprint density at radius 1 is 0.939 bits per heavy atom. The van der Waals surface area contributed by atoms with Crippen LogP contribution in [0.3, 0.4) is 0 Å². The molecule has 0 spiro atoms. The normalized spacial score (nSPS) is 15.0. The lowest BCUT2D eigenvalue weighted by Gasteiger charge is -2.16. The highest BCUT2D eigenvalue weighted by Gasteiger charge is 2.25. The van der Waals surface area contributed by atoms with Gasteiger partial charge in [-0.2, -0.15) is 0 Å². The molecule has 1 aliphatic heterocycles. The average molecular weight is 437 g/mol. The minimum Gasteiger partial charge on any atom is -0.454 e. The molecule has 5 rings (SSSR count). The molecule has 164 valence electrons. The topological polar surface area (TPSA) is 60.5 Å². The van der Waals surface area contributed by atoms with Crippen LogP contribution in [0.1, 0.15) is 44.5 Å². The fourth-order valence-corrected chi connectivity index (χ4v) is 4.11. The van der Waals surface area contributed by atoms with E-state index in [1.807, 2.05) is 87.5 Å². The van der Waals surface area contributed by atoms with Crippen molar-refractivity contribution in [2.75, 3.05) is 5.32 Å². The van der Waals surface area contributed by atoms with Gasteiger partial charge in [0.05, 0.1) is 5.52 Å². The van der Waals surface area contributed by atoms with Gasteiger partial charge < -0.3 is 14.8 Å². The second-order valence-electron chi connectivity index (χ2n) is 8.33. The van der Waals surface area contributed by atoms with Gasteiger partial charge in [0.15, 0.2) is 5.76 Å². The molecule has 33 heavy (non-hydrogen) atoms. The van der Waals surface area contributed by atoms with Crippen LogP contribution >= 0.6 is 0 Å². The van der Waals surface area contributed by atoms with Gasteiger partial charge in [-0.25, -0.2) is 0 Å². The minimum absolute atomic E-state index is 0.168. The Kier molecular flexibility index (Phi) is 5.31. The summed E-state index contributed by atoms with van der Waals surface area (Å²) in [7, 11) is 0. The van der Waals surface area contributed by atoms with Gasteiger partial charge in [-0.1, -0.05) is 42.0 Å². The van der Waals surface area contributed by atoms with E-state index in [0.29, 0.717) is 17.0 Å². The molecule has 1 aliphatic rings. The van der Waals surface area contributed by atoms with Crippen LogP contribution in [0.15, 0.2) is 79.2 Å². The van der Waals surface area contributed by atoms with Crippen LogP contribution in [0.5, 0.6) is 0 Å². The maximum absolute atomic E-state index is 12.9. The SMILES string of the molecule is Cc1ccc(C2OC=C(c3c(C)cc(C(=O)Nc4ccc5cccnc5c4)cc3C)O2)cc1. The van der Waals surface area contributed by atoms with Crippen molar-refractivity contribution in [3.05, 3.63) is 113 Å². The van der Waals surface area contributed by atoms with Crippen LogP contribution in [-0.2, 0) is 9.47 Å². The van der Waals surface area contributed by atoms with Crippen LogP contribution in [0, 0.1) is 20.8 Å². The number of carbonyl (C=O) groups excluding carboxylic acids is 1. The highest BCUT2D eigenvalue weighted by Crippen LogP contribution is 2.36. The molecule has 0 radical (unpaired) electrons. The van der Waals surface area contributed by atoms with Gasteiger partial charge in [-0.15, -0.1) is 0 Å². The van der Waals surface area contributed by atoms with Gasteiger partial charge in [0.25, 0.3) is 12.2 Å². The zero-order valence-corrected chi connectivity index (χ0v) is 18.8. The zero-order valence-electron chi connectivity index (χ0n) is 18.8. The highest BCUT2D eigenvalue weighted by atomic mass is 16.7. The Hall–Kier alpha value is -4.12. The number of amides is 1. The smallest absolute Gasteiger partial charge is 0.267 e. The number of aryl methyl sites for hydroxylation is 3. The van der Waals surface area contributed by atoms with E-state index in [2.05, 4.69) is 10.3 Å². The molecule has 5 heteroatoms. The first-order valence-corrected chi connectivity index (χ1v) is 10.8. The Balaban J connectivity index is 1.34. The summed E-state index contributed by atoms with van der Waals surface area (Å²) in [6.45, 7) is 6.00. The Morgan fingerprint density at radius 2 is 1.70 bits per heavy atom. The van der Waals surface area contributed by atoms with E-state index in [-0.39, 0.29) is 5.91 Å². The Bertz CT molecular complexity index is 1370. The molecule has 0 aliphatic carbocycles. The average Bonchev–Trinajstić information content (AvgIpc) is 3.28. The van der Waals surface area contributed by atoms with Gasteiger partial charge in [0.2, 0.25) is 0 Å². The van der Waals surface area contributed by atoms with E-state index < -0.39 is 6.29 Å². The number of anilines is 1. The molecule has 0 bridgehead atoms. The predicted molar refractivity (Wildman–Crippen MR) is 130 cm³/mol. The molecule has 1 aromatic heterocycles. The number of pyridine rings is 1. The summed E-state index contributed by atoms with van der Waals surface area (Å²) in [6.07, 6.45) is 2.93. The fourth-order valence-electron chi connectivity index (χ4n) is 4.11. The van der Waals surface area contributed by atoms with Gasteiger partial charge >= 0.3 is 0 Å². The molecule has 4 aromatic rings. The van der Waals surface area contributed by atoms with E-state index in [1.165, 1.54) is 5.56 Å². The van der Waals surface area contributed by atoms with Crippen molar-refractivity contribution < 1.29 is 14.3 Å². The standard InChI is InChI=1S/C28H24N2O3/c1-17-6-8-21(9-7-17)28-32-16-25(33-28)26-18(2)13-22(14-19(26)3)27(31)30-23-11-10-20-5-4-12-29-24(20)15-23/h4-16,28H,1-3H3,(H,30,31). The zero-order chi connectivity index (χ0) is 22.9. The molecule has 0 fully saturated rings. The van der Waals surface area contributed by atoms with Crippen molar-refractivity contribution in [1.82, 2.24) is 4.98 Å². The first kappa shape index (κ1) is 20.8. The summed E-state index contributed by atoms with van der Waals surface area (Å²) >= 11 is 0. The van der Waals surface area contributed by atoms with Gasteiger partial charge in [-0.3, -0.25) is 9.78 Å². The number of carbonyl (C=O) groups is 1. The number of nitrogens with one attached hydrogen (secondary N) is 1. The summed E-state index contributed by atoms with van der Waals surface area (Å²) in [5, 5.41) is 4.01. The van der Waals surface area contributed by atoms with Crippen LogP contribution in [-0.4, -0.2) is 10.9 Å². The number of nitrogens with zero attached hydrogens (tertiary/aromatic N) is 1. The van der Waals surface area contributed by atoms with E-state index >= 15 is 0 Å². The number of aromatic nitrogens is 1. The van der Waals surface area contributed by atoms with Crippen LogP contribution in [0.2, 0.25) is 0 Å². The molecule has 1 N–H and O–H groups in total. The van der Waals surface area contributed by atoms with Crippen LogP contribution in [0.4, 0.5) is 5.69 Å². The number of benzene rings is 3. The summed E-state index contributed by atoms with van der Waals surface area (Å²) in [4.78, 5) is 17.3. The molecule has 0 saturated carbocycles. The van der Waals surface area contributed by atoms with E-state index in [0.717, 1.165) is 33.2 Å². The van der Waals surface area contributed by atoms with Gasteiger partial charge in [-0.05, 0) is 62.2 Å². The number of ether oxygens (including phenoxy) is 2. The van der Waals surface area contributed by atoms with Crippen molar-refractivity contribution in [3.8, 4) is 0 Å². The Labute approximate surface area is 192 Å². The first-order valence-electron chi connectivity index (χ1n) is 10.8. The summed E-state index contributed by atoms with van der Waals surface area (Å²) in [5.41, 5.74) is 7.11. The van der Waals surface area contributed by atoms with Crippen molar-refractivity contribution in [2.24, 2.45) is 0 Å². The molecule has 2 heterocycles. The second kappa shape index (κ2) is 8.43. The number of hydrogen-bond acceptors (Lipinski definition) is 4. The lowest BCUT2D eigenvalue weighted by molar-refractivity contribution is -0.0171. The molecule has 1 amide bonds. The van der Waals surface area contributed by atoms with Crippen molar-refractivity contribution in [2.45, 2.75) is 27.1 Å². The van der Waals surface area contributed by atoms with Crippen molar-refractivity contribution >= 4 is 28.3 Å². The van der Waals surface area contributed by atoms with Gasteiger partial charge in [0.1, 0.15) is 6.26 Å². The van der Waals surface area contributed by atoms with E-state index in [4.69, 9.17) is 9.47 Å². The number of rotatable bonds is 4. The second-order valence-corrected chi connectivity index (χ2v) is 8.33. The summed E-state index contributed by atoms with van der Waals surface area (Å²) < 4.78 is 11.9. The minimum atomic E-state index is -0.469. The third-order valence-electron chi connectivity index (χ3n) is 5.79. The van der Waals surface area contributed by atoms with Crippen LogP contribution < -0.4 is 5.32 Å². The predicted octanol–water partition coefficient (Wildman–Crippen LogP) is 6.46. The fraction of sp³-hybridized carbons (Fsp3) is 0.143. The first-order chi connectivity index (χ1) is 16.0. The summed E-state index contributed by atoms with van der Waals surface area (Å²) in [6, 6.07) is 21.4. The number of fused-ring (bicyclic) bond motifs is 1. The molecule has 1 atom stereocenters. The quantitative estimate of drug-likeness (QED) is 0.399. The highest BCUT2D eigenvalue weighted by molar-refractivity contribution is 6.05. The molecule has 5 nitrogen and oxygen atoms in total. The van der Waals surface area contributed by atoms with E-state index in [9.17, 15) is 4.79 Å².